The van der Waals surface area contributed by atoms with Crippen molar-refractivity contribution in [1.29, 1.82) is 0 Å². The van der Waals surface area contributed by atoms with Crippen molar-refractivity contribution >= 4 is 12.4 Å². The van der Waals surface area contributed by atoms with E-state index in [1.807, 2.05) is 0 Å². The van der Waals surface area contributed by atoms with Crippen LogP contribution >= 0.6 is 12.4 Å². The summed E-state index contributed by atoms with van der Waals surface area (Å²) >= 11 is 0. The fraction of sp³-hybridized carbons (Fsp3) is 0.667. The van der Waals surface area contributed by atoms with Crippen molar-refractivity contribution in [2.75, 3.05) is 32.9 Å². The second-order valence-corrected chi connectivity index (χ2v) is 6.77. The van der Waals surface area contributed by atoms with Crippen LogP contribution in [0.15, 0.2) is 24.3 Å². The molecular weight excluding hydrogens is 387 g/mol. The van der Waals surface area contributed by atoms with E-state index in [-0.39, 0.29) is 30.5 Å². The predicted molar refractivity (Wildman–Crippen MR) is 95.2 cm³/mol. The van der Waals surface area contributed by atoms with E-state index in [9.17, 15) is 18.3 Å². The molecular formula is C18H25ClF3NO4. The summed E-state index contributed by atoms with van der Waals surface area (Å²) in [6.45, 7) is 2.64. The Labute approximate surface area is 162 Å². The van der Waals surface area contributed by atoms with Gasteiger partial charge in [-0.05, 0) is 30.4 Å². The first-order valence-electron chi connectivity index (χ1n) is 8.84. The van der Waals surface area contributed by atoms with Gasteiger partial charge in [0.2, 0.25) is 0 Å². The highest BCUT2D eigenvalue weighted by Crippen LogP contribution is 2.38. The molecule has 2 N–H and O–H groups in total. The lowest BCUT2D eigenvalue weighted by molar-refractivity contribution is -0.275. The third-order valence-corrected chi connectivity index (χ3v) is 5.09. The Hall–Kier alpha value is -1.06. The monoisotopic (exact) mass is 411 g/mol. The number of halogens is 4. The van der Waals surface area contributed by atoms with Gasteiger partial charge in [0.25, 0.3) is 0 Å². The number of para-hydroxylation sites is 1. The number of morpholine rings is 1. The highest BCUT2D eigenvalue weighted by Gasteiger charge is 2.46. The fourth-order valence-electron chi connectivity index (χ4n) is 3.78. The first kappa shape index (κ1) is 22.2. The molecule has 1 aromatic rings. The van der Waals surface area contributed by atoms with Crippen molar-refractivity contribution in [3.63, 3.8) is 0 Å². The first-order chi connectivity index (χ1) is 12.4. The number of hydrogen-bond acceptors (Lipinski definition) is 5. The van der Waals surface area contributed by atoms with Crippen LogP contribution in [0.1, 0.15) is 18.4 Å². The molecule has 0 bridgehead atoms. The van der Waals surface area contributed by atoms with E-state index in [1.165, 1.54) is 12.1 Å². The average Bonchev–Trinajstić information content (AvgIpc) is 2.63. The first-order valence-corrected chi connectivity index (χ1v) is 8.84. The third-order valence-electron chi connectivity index (χ3n) is 5.09. The molecule has 2 aliphatic rings. The average molecular weight is 412 g/mol. The minimum Gasteiger partial charge on any atom is -0.406 e. The molecule has 0 spiro atoms. The Morgan fingerprint density at radius 3 is 2.48 bits per heavy atom. The van der Waals surface area contributed by atoms with Crippen LogP contribution < -0.4 is 10.1 Å². The van der Waals surface area contributed by atoms with E-state index in [1.54, 1.807) is 12.1 Å². The molecule has 2 fully saturated rings. The molecule has 9 heteroatoms. The maximum absolute atomic E-state index is 12.7. The van der Waals surface area contributed by atoms with Crippen LogP contribution in [0.25, 0.3) is 0 Å². The van der Waals surface area contributed by atoms with Crippen LogP contribution in [-0.2, 0) is 15.9 Å². The van der Waals surface area contributed by atoms with Gasteiger partial charge in [-0.1, -0.05) is 18.2 Å². The third kappa shape index (κ3) is 5.71. The molecule has 2 heterocycles. The number of rotatable bonds is 5. The van der Waals surface area contributed by atoms with E-state index in [2.05, 4.69) is 10.1 Å². The van der Waals surface area contributed by atoms with Gasteiger partial charge in [0.05, 0.1) is 18.3 Å². The van der Waals surface area contributed by atoms with E-state index >= 15 is 0 Å². The fourth-order valence-corrected chi connectivity index (χ4v) is 3.78. The molecule has 3 rings (SSSR count). The Kier molecular flexibility index (Phi) is 7.76. The van der Waals surface area contributed by atoms with Crippen molar-refractivity contribution in [2.45, 2.75) is 37.3 Å². The Bertz CT molecular complexity index is 572. The molecule has 0 radical (unpaired) electrons. The molecule has 0 aromatic heterocycles. The van der Waals surface area contributed by atoms with Gasteiger partial charge in [-0.3, -0.25) is 0 Å². The normalized spacial score (nSPS) is 23.9. The minimum absolute atomic E-state index is 0. The predicted octanol–water partition coefficient (Wildman–Crippen LogP) is 2.70. The summed E-state index contributed by atoms with van der Waals surface area (Å²) < 4.78 is 53.5. The highest BCUT2D eigenvalue weighted by atomic mass is 35.5. The molecule has 154 valence electrons. The maximum Gasteiger partial charge on any atom is 0.573 e. The van der Waals surface area contributed by atoms with Crippen LogP contribution in [-0.4, -0.2) is 56.1 Å². The summed E-state index contributed by atoms with van der Waals surface area (Å²) in [4.78, 5) is 0. The molecule has 27 heavy (non-hydrogen) atoms. The van der Waals surface area contributed by atoms with Crippen LogP contribution in [0.2, 0.25) is 0 Å². The molecule has 5 nitrogen and oxygen atoms in total. The van der Waals surface area contributed by atoms with Crippen molar-refractivity contribution in [3.05, 3.63) is 29.8 Å². The van der Waals surface area contributed by atoms with Crippen molar-refractivity contribution in [1.82, 2.24) is 5.32 Å². The molecule has 2 saturated heterocycles. The second kappa shape index (κ2) is 9.43. The lowest BCUT2D eigenvalue weighted by Crippen LogP contribution is -2.59. The minimum atomic E-state index is -4.78. The quantitative estimate of drug-likeness (QED) is 0.780. The molecule has 2 atom stereocenters. The largest absolute Gasteiger partial charge is 0.573 e. The number of alkyl halides is 3. The second-order valence-electron chi connectivity index (χ2n) is 6.77. The van der Waals surface area contributed by atoms with Crippen LogP contribution in [0, 0.1) is 5.92 Å². The standard InChI is InChI=1S/C18H24F3NO4.ClH/c19-18(20,21)26-15-4-2-1-3-13(15)11-17(23,14-5-8-24-9-6-14)16-12-22-7-10-25-16;/h1-4,14,16,22-23H,5-12H2;1H. The smallest absolute Gasteiger partial charge is 0.406 e. The van der Waals surface area contributed by atoms with E-state index in [0.29, 0.717) is 51.3 Å². The molecule has 2 unspecified atom stereocenters. The molecule has 2 aliphatic heterocycles. The van der Waals surface area contributed by atoms with Gasteiger partial charge in [0, 0.05) is 32.7 Å². The molecule has 0 amide bonds. The summed E-state index contributed by atoms with van der Waals surface area (Å²) in [7, 11) is 0. The van der Waals surface area contributed by atoms with Crippen molar-refractivity contribution < 1.29 is 32.5 Å². The van der Waals surface area contributed by atoms with E-state index < -0.39 is 18.1 Å². The van der Waals surface area contributed by atoms with Gasteiger partial charge in [0.15, 0.2) is 0 Å². The number of nitrogens with one attached hydrogen (secondary N) is 1. The summed E-state index contributed by atoms with van der Waals surface area (Å²) in [5, 5.41) is 14.8. The molecule has 0 saturated carbocycles. The lowest BCUT2D eigenvalue weighted by Gasteiger charge is -2.45. The zero-order valence-electron chi connectivity index (χ0n) is 14.8. The SMILES string of the molecule is Cl.OC(Cc1ccccc1OC(F)(F)F)(C1CCOCC1)C1CNCCO1. The summed E-state index contributed by atoms with van der Waals surface area (Å²) in [5.74, 6) is -0.408. The molecule has 0 aliphatic carbocycles. The Balaban J connectivity index is 0.00000261. The van der Waals surface area contributed by atoms with Gasteiger partial charge in [-0.15, -0.1) is 25.6 Å². The summed E-state index contributed by atoms with van der Waals surface area (Å²) in [6.07, 6.45) is -3.98. The topological polar surface area (TPSA) is 60.0 Å². The highest BCUT2D eigenvalue weighted by molar-refractivity contribution is 5.85. The van der Waals surface area contributed by atoms with Crippen molar-refractivity contribution in [2.24, 2.45) is 5.92 Å². The van der Waals surface area contributed by atoms with E-state index in [4.69, 9.17) is 9.47 Å². The Morgan fingerprint density at radius 1 is 1.15 bits per heavy atom. The molecule has 1 aromatic carbocycles. The Morgan fingerprint density at radius 2 is 1.85 bits per heavy atom. The zero-order valence-corrected chi connectivity index (χ0v) is 15.7. The lowest BCUT2D eigenvalue weighted by atomic mass is 9.74. The van der Waals surface area contributed by atoms with Gasteiger partial charge < -0.3 is 24.6 Å². The number of hydrogen-bond donors (Lipinski definition) is 2. The van der Waals surface area contributed by atoms with Gasteiger partial charge in [-0.2, -0.15) is 0 Å². The maximum atomic E-state index is 12.7. The van der Waals surface area contributed by atoms with Gasteiger partial charge in [-0.25, -0.2) is 0 Å². The number of benzene rings is 1. The van der Waals surface area contributed by atoms with Crippen LogP contribution in [0.4, 0.5) is 13.2 Å². The van der Waals surface area contributed by atoms with Crippen LogP contribution in [0.5, 0.6) is 5.75 Å². The summed E-state index contributed by atoms with van der Waals surface area (Å²) in [6, 6.07) is 5.95. The van der Waals surface area contributed by atoms with Crippen molar-refractivity contribution in [3.8, 4) is 5.75 Å². The van der Waals surface area contributed by atoms with Gasteiger partial charge in [0.1, 0.15) is 5.75 Å². The number of ether oxygens (including phenoxy) is 3. The summed E-state index contributed by atoms with van der Waals surface area (Å²) in [5.41, 5.74) is -0.990. The van der Waals surface area contributed by atoms with Crippen LogP contribution in [0.3, 0.4) is 0 Å². The van der Waals surface area contributed by atoms with Gasteiger partial charge >= 0.3 is 6.36 Å². The zero-order chi connectivity index (χ0) is 18.6. The van der Waals surface area contributed by atoms with E-state index in [0.717, 1.165) is 0 Å². The number of aliphatic hydroxyl groups is 1.